The van der Waals surface area contributed by atoms with Crippen molar-refractivity contribution in [2.24, 2.45) is 5.73 Å². The number of carbonyl (C=O) groups excluding carboxylic acids is 2. The van der Waals surface area contributed by atoms with Crippen molar-refractivity contribution in [3.05, 3.63) is 12.7 Å². The maximum Gasteiger partial charge on any atom is 0.246 e. The van der Waals surface area contributed by atoms with Crippen LogP contribution >= 0.6 is 0 Å². The summed E-state index contributed by atoms with van der Waals surface area (Å²) in [6.45, 7) is 6.89. The molecule has 0 spiro atoms. The van der Waals surface area contributed by atoms with Crippen LogP contribution in [0, 0.1) is 0 Å². The Morgan fingerprint density at radius 3 is 2.33 bits per heavy atom. The van der Waals surface area contributed by atoms with E-state index >= 15 is 0 Å². The molecule has 0 aromatic carbocycles. The zero-order valence-corrected chi connectivity index (χ0v) is 7.41. The third-order valence-corrected chi connectivity index (χ3v) is 1.41. The first-order valence-corrected chi connectivity index (χ1v) is 3.70. The van der Waals surface area contributed by atoms with Gasteiger partial charge in [0.1, 0.15) is 0 Å². The van der Waals surface area contributed by atoms with E-state index in [0.29, 0.717) is 0 Å². The maximum absolute atomic E-state index is 11.1. The summed E-state index contributed by atoms with van der Waals surface area (Å²) in [4.78, 5) is 23.0. The Morgan fingerprint density at radius 2 is 2.08 bits per heavy atom. The number of nitrogens with zero attached hydrogens (tertiary/aromatic N) is 1. The van der Waals surface area contributed by atoms with E-state index in [0.717, 1.165) is 0 Å². The van der Waals surface area contributed by atoms with Crippen LogP contribution in [0.5, 0.6) is 0 Å². The molecule has 4 heteroatoms. The molecule has 0 aliphatic rings. The third-order valence-electron chi connectivity index (χ3n) is 1.41. The van der Waals surface area contributed by atoms with Crippen LogP contribution in [0.15, 0.2) is 12.7 Å². The molecular formula is C8H14N2O2. The lowest BCUT2D eigenvalue weighted by Gasteiger charge is -2.23. The van der Waals surface area contributed by atoms with Crippen LogP contribution in [0.25, 0.3) is 0 Å². The van der Waals surface area contributed by atoms with Crippen molar-refractivity contribution in [2.75, 3.05) is 6.54 Å². The molecule has 0 aromatic heterocycles. The van der Waals surface area contributed by atoms with Gasteiger partial charge in [-0.15, -0.1) is 0 Å². The first-order chi connectivity index (χ1) is 5.49. The molecule has 0 heterocycles. The monoisotopic (exact) mass is 170 g/mol. The van der Waals surface area contributed by atoms with Gasteiger partial charge < -0.3 is 10.6 Å². The van der Waals surface area contributed by atoms with Crippen molar-refractivity contribution in [3.8, 4) is 0 Å². The molecule has 0 unspecified atom stereocenters. The summed E-state index contributed by atoms with van der Waals surface area (Å²) in [5.41, 5.74) is 4.96. The second kappa shape index (κ2) is 4.54. The number of amides is 2. The average Bonchev–Trinajstić information content (AvgIpc) is 1.98. The molecule has 0 atom stereocenters. The minimum absolute atomic E-state index is 0.0389. The Morgan fingerprint density at radius 1 is 1.58 bits per heavy atom. The highest BCUT2D eigenvalue weighted by Gasteiger charge is 2.15. The van der Waals surface area contributed by atoms with Crippen LogP contribution in [-0.4, -0.2) is 29.3 Å². The highest BCUT2D eigenvalue weighted by Crippen LogP contribution is 1.98. The lowest BCUT2D eigenvalue weighted by atomic mass is 10.3. The molecule has 0 radical (unpaired) electrons. The zero-order chi connectivity index (χ0) is 9.72. The quantitative estimate of drug-likeness (QED) is 0.598. The zero-order valence-electron chi connectivity index (χ0n) is 7.41. The molecule has 68 valence electrons. The Labute approximate surface area is 72.0 Å². The summed E-state index contributed by atoms with van der Waals surface area (Å²) in [6.07, 6.45) is 1.17. The van der Waals surface area contributed by atoms with Gasteiger partial charge >= 0.3 is 0 Å². The van der Waals surface area contributed by atoms with Crippen LogP contribution in [0.1, 0.15) is 13.8 Å². The minimum atomic E-state index is -0.515. The number of hydrogen-bond acceptors (Lipinski definition) is 2. The van der Waals surface area contributed by atoms with Gasteiger partial charge in [-0.3, -0.25) is 9.59 Å². The Balaban J connectivity index is 4.32. The summed E-state index contributed by atoms with van der Waals surface area (Å²) in [5.74, 6) is -0.789. The van der Waals surface area contributed by atoms with Crippen molar-refractivity contribution < 1.29 is 9.59 Å². The molecule has 4 nitrogen and oxygen atoms in total. The van der Waals surface area contributed by atoms with Gasteiger partial charge in [-0.25, -0.2) is 0 Å². The van der Waals surface area contributed by atoms with Crippen molar-refractivity contribution in [1.82, 2.24) is 4.90 Å². The smallest absolute Gasteiger partial charge is 0.246 e. The third kappa shape index (κ3) is 3.18. The predicted octanol–water partition coefficient (Wildman–Crippen LogP) is -0.105. The molecule has 0 aliphatic heterocycles. The van der Waals surface area contributed by atoms with E-state index in [1.54, 1.807) is 0 Å². The van der Waals surface area contributed by atoms with Crippen molar-refractivity contribution in [2.45, 2.75) is 19.9 Å². The average molecular weight is 170 g/mol. The number of carbonyl (C=O) groups is 2. The van der Waals surface area contributed by atoms with Gasteiger partial charge in [-0.1, -0.05) is 6.58 Å². The van der Waals surface area contributed by atoms with E-state index in [9.17, 15) is 9.59 Å². The van der Waals surface area contributed by atoms with Crippen LogP contribution < -0.4 is 5.73 Å². The standard InChI is InChI=1S/C8H14N2O2/c1-4-8(12)10(6(2)3)5-7(9)11/h4,6H,1,5H2,2-3H3,(H2,9,11). The lowest BCUT2D eigenvalue weighted by molar-refractivity contribution is -0.132. The predicted molar refractivity (Wildman–Crippen MR) is 46.2 cm³/mol. The van der Waals surface area contributed by atoms with Crippen LogP contribution in [0.2, 0.25) is 0 Å². The molecule has 12 heavy (non-hydrogen) atoms. The van der Waals surface area contributed by atoms with Crippen molar-refractivity contribution >= 4 is 11.8 Å². The fraction of sp³-hybridized carbons (Fsp3) is 0.500. The second-order valence-electron chi connectivity index (χ2n) is 2.73. The van der Waals surface area contributed by atoms with Crippen LogP contribution in [-0.2, 0) is 9.59 Å². The number of rotatable bonds is 4. The summed E-state index contributed by atoms with van der Waals surface area (Å²) in [6, 6.07) is -0.0389. The fourth-order valence-corrected chi connectivity index (χ4v) is 0.800. The SMILES string of the molecule is C=CC(=O)N(CC(N)=O)C(C)C. The molecule has 0 aromatic rings. The van der Waals surface area contributed by atoms with E-state index in [1.165, 1.54) is 11.0 Å². The molecule has 0 saturated heterocycles. The van der Waals surface area contributed by atoms with Gasteiger partial charge in [-0.2, -0.15) is 0 Å². The topological polar surface area (TPSA) is 63.4 Å². The normalized spacial score (nSPS) is 9.58. The molecule has 2 amide bonds. The number of nitrogens with two attached hydrogens (primary N) is 1. The number of primary amides is 1. The first kappa shape index (κ1) is 10.7. The fourth-order valence-electron chi connectivity index (χ4n) is 0.800. The molecule has 0 bridgehead atoms. The lowest BCUT2D eigenvalue weighted by Crippen LogP contribution is -2.41. The Bertz CT molecular complexity index is 199. The van der Waals surface area contributed by atoms with E-state index in [1.807, 2.05) is 13.8 Å². The van der Waals surface area contributed by atoms with Gasteiger partial charge in [0.2, 0.25) is 11.8 Å². The maximum atomic E-state index is 11.1. The van der Waals surface area contributed by atoms with Gasteiger partial charge in [0, 0.05) is 6.04 Å². The van der Waals surface area contributed by atoms with Gasteiger partial charge in [0.15, 0.2) is 0 Å². The van der Waals surface area contributed by atoms with Crippen molar-refractivity contribution in [3.63, 3.8) is 0 Å². The van der Waals surface area contributed by atoms with E-state index in [2.05, 4.69) is 6.58 Å². The number of hydrogen-bond donors (Lipinski definition) is 1. The van der Waals surface area contributed by atoms with E-state index in [-0.39, 0.29) is 18.5 Å². The summed E-state index contributed by atoms with van der Waals surface area (Å²) in [7, 11) is 0. The molecule has 2 N–H and O–H groups in total. The van der Waals surface area contributed by atoms with E-state index in [4.69, 9.17) is 5.73 Å². The largest absolute Gasteiger partial charge is 0.368 e. The van der Waals surface area contributed by atoms with Gasteiger partial charge in [0.05, 0.1) is 6.54 Å². The molecular weight excluding hydrogens is 156 g/mol. The summed E-state index contributed by atoms with van der Waals surface area (Å²) >= 11 is 0. The molecule has 0 rings (SSSR count). The first-order valence-electron chi connectivity index (χ1n) is 3.70. The minimum Gasteiger partial charge on any atom is -0.368 e. The summed E-state index contributed by atoms with van der Waals surface area (Å²) < 4.78 is 0. The highest BCUT2D eigenvalue weighted by molar-refractivity contribution is 5.90. The summed E-state index contributed by atoms with van der Waals surface area (Å²) in [5, 5.41) is 0. The van der Waals surface area contributed by atoms with E-state index < -0.39 is 5.91 Å². The van der Waals surface area contributed by atoms with Crippen LogP contribution in [0.4, 0.5) is 0 Å². The second-order valence-corrected chi connectivity index (χ2v) is 2.73. The van der Waals surface area contributed by atoms with Gasteiger partial charge in [-0.05, 0) is 19.9 Å². The molecule has 0 aliphatic carbocycles. The Kier molecular flexibility index (Phi) is 4.04. The van der Waals surface area contributed by atoms with Crippen molar-refractivity contribution in [1.29, 1.82) is 0 Å². The molecule has 0 saturated carbocycles. The van der Waals surface area contributed by atoms with Gasteiger partial charge in [0.25, 0.3) is 0 Å². The molecule has 0 fully saturated rings. The van der Waals surface area contributed by atoms with Crippen LogP contribution in [0.3, 0.4) is 0 Å². The Hall–Kier alpha value is -1.32. The highest BCUT2D eigenvalue weighted by atomic mass is 16.2.